The van der Waals surface area contributed by atoms with E-state index < -0.39 is 0 Å². The van der Waals surface area contributed by atoms with Crippen LogP contribution in [0.2, 0.25) is 0 Å². The van der Waals surface area contributed by atoms with E-state index >= 15 is 0 Å². The van der Waals surface area contributed by atoms with Crippen molar-refractivity contribution in [3.05, 3.63) is 35.4 Å². The van der Waals surface area contributed by atoms with Crippen LogP contribution in [0.1, 0.15) is 49.5 Å². The van der Waals surface area contributed by atoms with Gasteiger partial charge in [-0.25, -0.2) is 5.90 Å². The van der Waals surface area contributed by atoms with Crippen LogP contribution in [0, 0.1) is 5.92 Å². The number of nitrogens with two attached hydrogens (primary N) is 1. The van der Waals surface area contributed by atoms with Gasteiger partial charge in [0.05, 0.1) is 6.61 Å². The highest BCUT2D eigenvalue weighted by Crippen LogP contribution is 2.23. The van der Waals surface area contributed by atoms with Gasteiger partial charge in [0.1, 0.15) is 0 Å². The van der Waals surface area contributed by atoms with Crippen LogP contribution in [0.25, 0.3) is 0 Å². The molecule has 0 aliphatic carbocycles. The summed E-state index contributed by atoms with van der Waals surface area (Å²) in [7, 11) is 0. The van der Waals surface area contributed by atoms with E-state index in [0.29, 0.717) is 12.5 Å². The molecule has 1 aromatic carbocycles. The average molecular weight is 290 g/mol. The van der Waals surface area contributed by atoms with E-state index in [1.807, 2.05) is 17.0 Å². The van der Waals surface area contributed by atoms with E-state index in [9.17, 15) is 4.79 Å². The molecule has 1 aliphatic heterocycles. The maximum atomic E-state index is 12.5. The number of carbonyl (C=O) groups excluding carboxylic acids is 1. The molecule has 116 valence electrons. The van der Waals surface area contributed by atoms with Crippen LogP contribution in [-0.2, 0) is 10.3 Å². The number of nitrogens with zero attached hydrogens (tertiary/aromatic N) is 1. The molecule has 0 saturated carbocycles. The largest absolute Gasteiger partial charge is 0.339 e. The molecule has 0 radical (unpaired) electrons. The Kier molecular flexibility index (Phi) is 5.01. The van der Waals surface area contributed by atoms with Gasteiger partial charge in [-0.3, -0.25) is 4.79 Å². The second kappa shape index (κ2) is 6.58. The summed E-state index contributed by atoms with van der Waals surface area (Å²) in [5.41, 5.74) is 2.14. The van der Waals surface area contributed by atoms with Gasteiger partial charge in [-0.15, -0.1) is 0 Å². The molecule has 4 heteroatoms. The van der Waals surface area contributed by atoms with E-state index in [0.717, 1.165) is 31.5 Å². The van der Waals surface area contributed by atoms with Gasteiger partial charge < -0.3 is 9.74 Å². The van der Waals surface area contributed by atoms with Crippen molar-refractivity contribution in [2.75, 3.05) is 19.7 Å². The molecule has 0 aromatic heterocycles. The quantitative estimate of drug-likeness (QED) is 0.871. The third-order valence-corrected chi connectivity index (χ3v) is 4.23. The van der Waals surface area contributed by atoms with Crippen molar-refractivity contribution < 1.29 is 9.63 Å². The summed E-state index contributed by atoms with van der Waals surface area (Å²) in [6.45, 7) is 8.68. The van der Waals surface area contributed by atoms with Gasteiger partial charge in [-0.2, -0.15) is 0 Å². The second-order valence-corrected chi connectivity index (χ2v) is 6.90. The predicted octanol–water partition coefficient (Wildman–Crippen LogP) is 2.73. The molecule has 2 rings (SSSR count). The standard InChI is InChI=1S/C17H26N2O2/c1-17(2,3)15-6-4-14(5-7-15)16(20)19-10-8-13(9-11-19)12-21-18/h4-7,13H,8-12,18H2,1-3H3. The first kappa shape index (κ1) is 16.0. The molecule has 0 unspecified atom stereocenters. The number of hydrogen-bond acceptors (Lipinski definition) is 3. The van der Waals surface area contributed by atoms with Crippen molar-refractivity contribution >= 4 is 5.91 Å². The minimum absolute atomic E-state index is 0.113. The van der Waals surface area contributed by atoms with Gasteiger partial charge >= 0.3 is 0 Å². The SMILES string of the molecule is CC(C)(C)c1ccc(C(=O)N2CCC(CON)CC2)cc1. The zero-order chi connectivity index (χ0) is 15.5. The number of benzene rings is 1. The highest BCUT2D eigenvalue weighted by atomic mass is 16.6. The normalized spacial score (nSPS) is 17.0. The summed E-state index contributed by atoms with van der Waals surface area (Å²) in [5, 5.41) is 0. The van der Waals surface area contributed by atoms with Crippen LogP contribution in [0.5, 0.6) is 0 Å². The lowest BCUT2D eigenvalue weighted by Gasteiger charge is -2.31. The van der Waals surface area contributed by atoms with E-state index in [1.165, 1.54) is 5.56 Å². The summed E-state index contributed by atoms with van der Waals surface area (Å²) in [5.74, 6) is 5.72. The minimum Gasteiger partial charge on any atom is -0.339 e. The van der Waals surface area contributed by atoms with E-state index in [4.69, 9.17) is 10.7 Å². The zero-order valence-corrected chi connectivity index (χ0v) is 13.3. The highest BCUT2D eigenvalue weighted by Gasteiger charge is 2.24. The smallest absolute Gasteiger partial charge is 0.253 e. The Morgan fingerprint density at radius 2 is 1.81 bits per heavy atom. The first-order valence-electron chi connectivity index (χ1n) is 7.63. The topological polar surface area (TPSA) is 55.6 Å². The Hall–Kier alpha value is -1.39. The van der Waals surface area contributed by atoms with E-state index in [-0.39, 0.29) is 11.3 Å². The molecule has 0 bridgehead atoms. The zero-order valence-electron chi connectivity index (χ0n) is 13.3. The molecule has 1 aromatic rings. The summed E-state index contributed by atoms with van der Waals surface area (Å²) in [4.78, 5) is 19.1. The van der Waals surface area contributed by atoms with Gasteiger partial charge in [0.2, 0.25) is 0 Å². The molecule has 1 aliphatic rings. The van der Waals surface area contributed by atoms with Crippen molar-refractivity contribution in [2.24, 2.45) is 11.8 Å². The maximum Gasteiger partial charge on any atom is 0.253 e. The Balaban J connectivity index is 1.98. The van der Waals surface area contributed by atoms with Crippen LogP contribution < -0.4 is 5.90 Å². The molecule has 21 heavy (non-hydrogen) atoms. The molecule has 4 nitrogen and oxygen atoms in total. The van der Waals surface area contributed by atoms with Crippen molar-refractivity contribution in [1.82, 2.24) is 4.90 Å². The first-order chi connectivity index (χ1) is 9.91. The van der Waals surface area contributed by atoms with Gasteiger partial charge in [0, 0.05) is 18.7 Å². The van der Waals surface area contributed by atoms with Crippen molar-refractivity contribution in [3.63, 3.8) is 0 Å². The lowest BCUT2D eigenvalue weighted by Crippen LogP contribution is -2.39. The van der Waals surface area contributed by atoms with Crippen molar-refractivity contribution in [2.45, 2.75) is 39.0 Å². The number of piperidine rings is 1. The van der Waals surface area contributed by atoms with Crippen LogP contribution in [0.4, 0.5) is 0 Å². The number of carbonyl (C=O) groups is 1. The van der Waals surface area contributed by atoms with Crippen LogP contribution in [0.3, 0.4) is 0 Å². The van der Waals surface area contributed by atoms with Crippen molar-refractivity contribution in [3.8, 4) is 0 Å². The maximum absolute atomic E-state index is 12.5. The van der Waals surface area contributed by atoms with E-state index in [2.05, 4.69) is 32.9 Å². The molecule has 0 atom stereocenters. The van der Waals surface area contributed by atoms with Gasteiger partial charge in [-0.05, 0) is 41.9 Å². The Morgan fingerprint density at radius 1 is 1.24 bits per heavy atom. The van der Waals surface area contributed by atoms with Crippen LogP contribution in [0.15, 0.2) is 24.3 Å². The Labute approximate surface area is 127 Å². The molecular formula is C17H26N2O2. The summed E-state index contributed by atoms with van der Waals surface area (Å²) >= 11 is 0. The van der Waals surface area contributed by atoms with Gasteiger partial charge in [0.15, 0.2) is 0 Å². The Morgan fingerprint density at radius 3 is 2.29 bits per heavy atom. The summed E-state index contributed by atoms with van der Waals surface area (Å²) in [6, 6.07) is 8.00. The molecule has 1 saturated heterocycles. The second-order valence-electron chi connectivity index (χ2n) is 6.90. The molecule has 0 spiro atoms. The average Bonchev–Trinajstić information content (AvgIpc) is 2.47. The number of likely N-dealkylation sites (tertiary alicyclic amines) is 1. The molecule has 2 N–H and O–H groups in total. The monoisotopic (exact) mass is 290 g/mol. The molecule has 1 fully saturated rings. The predicted molar refractivity (Wildman–Crippen MR) is 83.9 cm³/mol. The molecular weight excluding hydrogens is 264 g/mol. The van der Waals surface area contributed by atoms with Crippen LogP contribution >= 0.6 is 0 Å². The fraction of sp³-hybridized carbons (Fsp3) is 0.588. The van der Waals surface area contributed by atoms with E-state index in [1.54, 1.807) is 0 Å². The molecule has 1 heterocycles. The Bertz CT molecular complexity index is 469. The fourth-order valence-corrected chi connectivity index (χ4v) is 2.73. The molecule has 1 amide bonds. The third kappa shape index (κ3) is 4.05. The number of rotatable bonds is 3. The fourth-order valence-electron chi connectivity index (χ4n) is 2.73. The minimum atomic E-state index is 0.113. The van der Waals surface area contributed by atoms with Crippen LogP contribution in [-0.4, -0.2) is 30.5 Å². The number of hydrogen-bond donors (Lipinski definition) is 1. The van der Waals surface area contributed by atoms with Gasteiger partial charge in [-0.1, -0.05) is 32.9 Å². The van der Waals surface area contributed by atoms with Crippen molar-refractivity contribution in [1.29, 1.82) is 0 Å². The summed E-state index contributed by atoms with van der Waals surface area (Å²) in [6.07, 6.45) is 1.92. The first-order valence-corrected chi connectivity index (χ1v) is 7.63. The number of amides is 1. The van der Waals surface area contributed by atoms with Gasteiger partial charge in [0.25, 0.3) is 5.91 Å². The summed E-state index contributed by atoms with van der Waals surface area (Å²) < 4.78 is 0. The lowest BCUT2D eigenvalue weighted by atomic mass is 9.86. The lowest BCUT2D eigenvalue weighted by molar-refractivity contribution is 0.0525. The highest BCUT2D eigenvalue weighted by molar-refractivity contribution is 5.94. The third-order valence-electron chi connectivity index (χ3n) is 4.23.